The summed E-state index contributed by atoms with van der Waals surface area (Å²) in [5.74, 6) is 1.31. The van der Waals surface area contributed by atoms with Crippen LogP contribution in [0.25, 0.3) is 0 Å². The summed E-state index contributed by atoms with van der Waals surface area (Å²) in [5.41, 5.74) is 1.76. The van der Waals surface area contributed by atoms with Crippen LogP contribution in [0.1, 0.15) is 116 Å². The molecule has 5 aliphatic rings. The van der Waals surface area contributed by atoms with Crippen LogP contribution in [0.5, 0.6) is 0 Å². The number of allylic oxidation sites excluding steroid dienone is 1. The van der Waals surface area contributed by atoms with Crippen LogP contribution < -0.4 is 0 Å². The Morgan fingerprint density at radius 2 is 1.17 bits per heavy atom. The fraction of sp³-hybridized carbons (Fsp3) is 0.923. The Bertz CT molecular complexity index is 661. The average Bonchev–Trinajstić information content (AvgIpc) is 2.89. The molecule has 0 spiro atoms. The zero-order valence-corrected chi connectivity index (χ0v) is 20.7. The van der Waals surface area contributed by atoms with E-state index in [1.165, 1.54) is 121 Å². The van der Waals surface area contributed by atoms with E-state index in [-0.39, 0.29) is 0 Å². The summed E-state index contributed by atoms with van der Waals surface area (Å²) >= 11 is 7.09. The summed E-state index contributed by atoms with van der Waals surface area (Å²) in [4.78, 5) is 0. The van der Waals surface area contributed by atoms with Crippen molar-refractivity contribution in [2.24, 2.45) is 0 Å². The average molecular weight is 451 g/mol. The molecule has 2 aliphatic heterocycles. The molecule has 7 atom stereocenters. The quantitative estimate of drug-likeness (QED) is 0.353. The Labute approximate surface area is 189 Å². The van der Waals surface area contributed by atoms with E-state index in [9.17, 15) is 0 Å². The number of rotatable bonds is 0. The van der Waals surface area contributed by atoms with Gasteiger partial charge in [-0.05, 0) is 63.5 Å². The van der Waals surface area contributed by atoms with Gasteiger partial charge in [0.2, 0.25) is 0 Å². The van der Waals surface area contributed by atoms with Gasteiger partial charge in [0, 0.05) is 11.3 Å². The van der Waals surface area contributed by atoms with Gasteiger partial charge in [0.1, 0.15) is 11.9 Å². The van der Waals surface area contributed by atoms with Crippen molar-refractivity contribution >= 4 is 17.8 Å². The van der Waals surface area contributed by atoms with Crippen LogP contribution >= 0.6 is 6.04 Å². The maximum Gasteiger partial charge on any atom is 0.106 e. The van der Waals surface area contributed by atoms with Gasteiger partial charge in [0.15, 0.2) is 0 Å². The lowest BCUT2D eigenvalue weighted by atomic mass is 9.96. The lowest BCUT2D eigenvalue weighted by molar-refractivity contribution is -0.0511. The first kappa shape index (κ1) is 22.0. The molecular formula is C26H43O2PS. The summed E-state index contributed by atoms with van der Waals surface area (Å²) in [7, 11) is 0. The zero-order valence-electron chi connectivity index (χ0n) is 18.9. The van der Waals surface area contributed by atoms with Crippen molar-refractivity contribution in [2.75, 3.05) is 0 Å². The van der Waals surface area contributed by atoms with E-state index < -0.39 is 6.04 Å². The third kappa shape index (κ3) is 4.22. The van der Waals surface area contributed by atoms with Gasteiger partial charge in [-0.1, -0.05) is 76.0 Å². The molecule has 0 aromatic rings. The molecule has 4 heteroatoms. The molecule has 0 bridgehead atoms. The van der Waals surface area contributed by atoms with Crippen molar-refractivity contribution in [3.05, 3.63) is 11.8 Å². The van der Waals surface area contributed by atoms with E-state index in [1.807, 2.05) is 0 Å². The van der Waals surface area contributed by atoms with E-state index in [0.717, 1.165) is 0 Å². The number of fused-ring (bicyclic) bond motifs is 4. The predicted octanol–water partition coefficient (Wildman–Crippen LogP) is 7.68. The van der Waals surface area contributed by atoms with Crippen LogP contribution in [-0.2, 0) is 21.3 Å². The van der Waals surface area contributed by atoms with Gasteiger partial charge in [0.05, 0.1) is 17.9 Å². The number of ether oxygens (including phenoxy) is 2. The molecule has 170 valence electrons. The molecule has 0 aromatic carbocycles. The Morgan fingerprint density at radius 1 is 0.633 bits per heavy atom. The topological polar surface area (TPSA) is 18.5 Å². The highest BCUT2D eigenvalue weighted by atomic mass is 32.4. The second kappa shape index (κ2) is 9.96. The van der Waals surface area contributed by atoms with Gasteiger partial charge in [-0.15, -0.1) is 0 Å². The second-order valence-corrected chi connectivity index (χ2v) is 16.1. The van der Waals surface area contributed by atoms with Gasteiger partial charge >= 0.3 is 0 Å². The highest BCUT2D eigenvalue weighted by Gasteiger charge is 2.58. The molecule has 2 saturated heterocycles. The van der Waals surface area contributed by atoms with Crippen LogP contribution in [-0.4, -0.2) is 35.3 Å². The highest BCUT2D eigenvalue weighted by molar-refractivity contribution is 8.15. The molecule has 30 heavy (non-hydrogen) atoms. The Morgan fingerprint density at radius 3 is 1.90 bits per heavy atom. The van der Waals surface area contributed by atoms with Crippen LogP contribution in [0.4, 0.5) is 0 Å². The number of hydrogen-bond acceptors (Lipinski definition) is 3. The summed E-state index contributed by atoms with van der Waals surface area (Å²) in [6.07, 6.45) is 27.6. The first-order valence-corrected chi connectivity index (χ1v) is 16.4. The molecule has 5 rings (SSSR count). The largest absolute Gasteiger partial charge is 0.494 e. The lowest BCUT2D eigenvalue weighted by Gasteiger charge is -2.58. The van der Waals surface area contributed by atoms with E-state index in [4.69, 9.17) is 21.3 Å². The minimum Gasteiger partial charge on any atom is -0.494 e. The third-order valence-electron chi connectivity index (χ3n) is 8.88. The van der Waals surface area contributed by atoms with Crippen molar-refractivity contribution < 1.29 is 9.47 Å². The zero-order chi connectivity index (χ0) is 20.4. The summed E-state index contributed by atoms with van der Waals surface area (Å²) in [6, 6.07) is -1.62. The molecular weight excluding hydrogens is 407 g/mol. The number of hydrogen-bond donors (Lipinski definition) is 0. The molecule has 0 radical (unpaired) electrons. The van der Waals surface area contributed by atoms with Crippen molar-refractivity contribution in [3.63, 3.8) is 0 Å². The Hall–Kier alpha value is 0.150. The maximum atomic E-state index is 7.09. The summed E-state index contributed by atoms with van der Waals surface area (Å²) in [6.45, 7) is 0. The molecule has 2 nitrogen and oxygen atoms in total. The standard InChI is InChI=1S/C26H43O2PS/c30-29-24-18-12-3-1-2-8-14-20(24)27-22-16-10-4-5-11-17-23(26(22)29)28-21-15-9-6-7-13-19-25(21)29/h16,20-21,23-26H,1-15,17-19H2/b22-16+. The fourth-order valence-electron chi connectivity index (χ4n) is 7.41. The van der Waals surface area contributed by atoms with Crippen molar-refractivity contribution in [2.45, 2.75) is 151 Å². The third-order valence-corrected chi connectivity index (χ3v) is 15.9. The van der Waals surface area contributed by atoms with Gasteiger partial charge in [-0.2, -0.15) is 0 Å². The minimum absolute atomic E-state index is 0.342. The summed E-state index contributed by atoms with van der Waals surface area (Å²) < 4.78 is 14.0. The van der Waals surface area contributed by atoms with Crippen molar-refractivity contribution in [1.29, 1.82) is 0 Å². The van der Waals surface area contributed by atoms with Crippen molar-refractivity contribution in [1.82, 2.24) is 0 Å². The highest BCUT2D eigenvalue weighted by Crippen LogP contribution is 2.73. The Kier molecular flexibility index (Phi) is 7.30. The summed E-state index contributed by atoms with van der Waals surface area (Å²) in [5, 5.41) is 0. The molecule has 4 fully saturated rings. The SMILES string of the molecule is S=P12C3CCCCCCCC3O/C3=C/CCCCCC(OC4CCCCCCC41)C32. The fourth-order valence-corrected chi connectivity index (χ4v) is 14.8. The molecule has 3 aliphatic carbocycles. The first-order valence-electron chi connectivity index (χ1n) is 13.4. The molecule has 0 N–H and O–H groups in total. The molecule has 7 unspecified atom stereocenters. The van der Waals surface area contributed by atoms with Crippen LogP contribution in [0.2, 0.25) is 0 Å². The minimum atomic E-state index is -1.62. The smallest absolute Gasteiger partial charge is 0.106 e. The van der Waals surface area contributed by atoms with E-state index in [1.54, 1.807) is 0 Å². The molecule has 2 saturated carbocycles. The van der Waals surface area contributed by atoms with Crippen LogP contribution in [0, 0.1) is 0 Å². The molecule has 0 amide bonds. The maximum absolute atomic E-state index is 7.09. The van der Waals surface area contributed by atoms with Crippen LogP contribution in [0.3, 0.4) is 0 Å². The Balaban J connectivity index is 1.58. The van der Waals surface area contributed by atoms with E-state index >= 15 is 0 Å². The predicted molar refractivity (Wildman–Crippen MR) is 130 cm³/mol. The van der Waals surface area contributed by atoms with Gasteiger partial charge in [-0.3, -0.25) is 0 Å². The van der Waals surface area contributed by atoms with E-state index in [2.05, 4.69) is 6.08 Å². The second-order valence-electron chi connectivity index (χ2n) is 10.8. The van der Waals surface area contributed by atoms with Gasteiger partial charge in [0.25, 0.3) is 0 Å². The van der Waals surface area contributed by atoms with Gasteiger partial charge < -0.3 is 9.47 Å². The van der Waals surface area contributed by atoms with Crippen molar-refractivity contribution in [3.8, 4) is 0 Å². The van der Waals surface area contributed by atoms with Gasteiger partial charge in [-0.25, -0.2) is 0 Å². The monoisotopic (exact) mass is 450 g/mol. The lowest BCUT2D eigenvalue weighted by Crippen LogP contribution is -2.55. The first-order chi connectivity index (χ1) is 14.8. The molecule has 0 aromatic heterocycles. The normalized spacial score (nSPS) is 47.3. The van der Waals surface area contributed by atoms with E-state index in [0.29, 0.717) is 35.3 Å². The van der Waals surface area contributed by atoms with Crippen LogP contribution in [0.15, 0.2) is 11.8 Å². The molecule has 2 heterocycles.